The Morgan fingerprint density at radius 3 is 2.54 bits per heavy atom. The highest BCUT2D eigenvalue weighted by Gasteiger charge is 2.20. The molecule has 0 radical (unpaired) electrons. The highest BCUT2D eigenvalue weighted by Crippen LogP contribution is 2.30. The van der Waals surface area contributed by atoms with Crippen molar-refractivity contribution in [2.45, 2.75) is 11.3 Å². The fraction of sp³-hybridized carbons (Fsp3) is 0.200. The number of hydrogen-bond donors (Lipinski definition) is 1. The van der Waals surface area contributed by atoms with E-state index in [0.29, 0.717) is 22.7 Å². The number of ether oxygens (including phenoxy) is 2. The summed E-state index contributed by atoms with van der Waals surface area (Å²) in [5.41, 5.74) is 0.900. The third kappa shape index (κ3) is 4.23. The minimum absolute atomic E-state index is 0.129. The summed E-state index contributed by atoms with van der Waals surface area (Å²) in [6.45, 7) is 0. The van der Waals surface area contributed by atoms with Gasteiger partial charge in [-0.2, -0.15) is 0 Å². The highest BCUT2D eigenvalue weighted by atomic mass is 32.2. The van der Waals surface area contributed by atoms with Crippen LogP contribution in [0.25, 0.3) is 10.9 Å². The molecule has 2 aromatic carbocycles. The van der Waals surface area contributed by atoms with Crippen LogP contribution in [0.3, 0.4) is 0 Å². The first-order chi connectivity index (χ1) is 13.4. The van der Waals surface area contributed by atoms with Gasteiger partial charge in [-0.1, -0.05) is 18.2 Å². The number of carbonyl (C=O) groups is 1. The summed E-state index contributed by atoms with van der Waals surface area (Å²) in [6.07, 6.45) is 1.37. The molecule has 1 heterocycles. The zero-order chi connectivity index (χ0) is 20.1. The van der Waals surface area contributed by atoms with E-state index in [1.807, 2.05) is 0 Å². The summed E-state index contributed by atoms with van der Waals surface area (Å²) < 4.78 is 35.8. The number of hydrogen-bond acceptors (Lipinski definition) is 6. The topological polar surface area (TPSA) is 94.6 Å². The van der Waals surface area contributed by atoms with Crippen LogP contribution in [0.4, 0.5) is 5.69 Å². The van der Waals surface area contributed by atoms with E-state index in [9.17, 15) is 13.2 Å². The number of methoxy groups -OCH3 is 2. The van der Waals surface area contributed by atoms with Crippen molar-refractivity contribution in [3.8, 4) is 11.5 Å². The van der Waals surface area contributed by atoms with Crippen LogP contribution in [0.1, 0.15) is 6.42 Å². The number of amides is 1. The summed E-state index contributed by atoms with van der Waals surface area (Å²) in [4.78, 5) is 16.5. The monoisotopic (exact) mass is 400 g/mol. The minimum Gasteiger partial charge on any atom is -0.493 e. The Kier molecular flexibility index (Phi) is 5.79. The molecule has 0 aliphatic carbocycles. The lowest BCUT2D eigenvalue weighted by molar-refractivity contribution is -0.115. The lowest BCUT2D eigenvalue weighted by Crippen LogP contribution is -2.17. The van der Waals surface area contributed by atoms with Crippen LogP contribution in [0.2, 0.25) is 0 Å². The van der Waals surface area contributed by atoms with Crippen molar-refractivity contribution in [3.63, 3.8) is 0 Å². The van der Waals surface area contributed by atoms with Crippen LogP contribution >= 0.6 is 0 Å². The molecule has 0 aliphatic rings. The zero-order valence-electron chi connectivity index (χ0n) is 15.5. The van der Waals surface area contributed by atoms with E-state index < -0.39 is 15.7 Å². The van der Waals surface area contributed by atoms with Gasteiger partial charge in [0.1, 0.15) is 0 Å². The number of pyridine rings is 1. The van der Waals surface area contributed by atoms with Crippen LogP contribution < -0.4 is 14.8 Å². The molecule has 28 heavy (non-hydrogen) atoms. The highest BCUT2D eigenvalue weighted by molar-refractivity contribution is 7.91. The summed E-state index contributed by atoms with van der Waals surface area (Å²) in [6, 6.07) is 13.4. The molecule has 0 fully saturated rings. The third-order valence-corrected chi connectivity index (χ3v) is 5.94. The number of para-hydroxylation sites is 1. The van der Waals surface area contributed by atoms with Gasteiger partial charge in [0.2, 0.25) is 5.91 Å². The molecule has 1 aromatic heterocycles. The molecule has 0 saturated heterocycles. The van der Waals surface area contributed by atoms with Gasteiger partial charge in [-0.3, -0.25) is 9.78 Å². The molecule has 8 heteroatoms. The number of nitrogens with zero attached hydrogens (tertiary/aromatic N) is 1. The fourth-order valence-electron chi connectivity index (χ4n) is 2.80. The molecule has 0 spiro atoms. The molecule has 0 unspecified atom stereocenters. The molecule has 0 atom stereocenters. The van der Waals surface area contributed by atoms with E-state index >= 15 is 0 Å². The first-order valence-corrected chi connectivity index (χ1v) is 10.2. The number of aromatic nitrogens is 1. The van der Waals surface area contributed by atoms with Gasteiger partial charge in [0, 0.05) is 29.8 Å². The summed E-state index contributed by atoms with van der Waals surface area (Å²) in [5, 5.41) is 3.41. The van der Waals surface area contributed by atoms with Gasteiger partial charge in [0.25, 0.3) is 0 Å². The van der Waals surface area contributed by atoms with Crippen LogP contribution in [0.5, 0.6) is 11.5 Å². The van der Waals surface area contributed by atoms with Gasteiger partial charge in [-0.15, -0.1) is 0 Å². The number of fused-ring (bicyclic) bond motifs is 1. The first kappa shape index (κ1) is 19.6. The molecule has 146 valence electrons. The van der Waals surface area contributed by atoms with Gasteiger partial charge in [-0.25, -0.2) is 8.42 Å². The van der Waals surface area contributed by atoms with Crippen LogP contribution in [-0.4, -0.2) is 39.3 Å². The summed E-state index contributed by atoms with van der Waals surface area (Å²) in [5.74, 6) is 0.271. The molecule has 0 bridgehead atoms. The van der Waals surface area contributed by atoms with Crippen molar-refractivity contribution in [2.24, 2.45) is 0 Å². The van der Waals surface area contributed by atoms with E-state index in [4.69, 9.17) is 9.47 Å². The molecule has 1 amide bonds. The largest absolute Gasteiger partial charge is 0.493 e. The normalized spacial score (nSPS) is 11.2. The zero-order valence-corrected chi connectivity index (χ0v) is 16.3. The Morgan fingerprint density at radius 1 is 1.04 bits per heavy atom. The van der Waals surface area contributed by atoms with Gasteiger partial charge in [0.15, 0.2) is 21.3 Å². The number of carbonyl (C=O) groups excluding carboxylic acids is 1. The number of nitrogens with one attached hydrogen (secondary N) is 1. The molecule has 1 N–H and O–H groups in total. The minimum atomic E-state index is -3.67. The maximum Gasteiger partial charge on any atom is 0.225 e. The van der Waals surface area contributed by atoms with E-state index in [2.05, 4.69) is 10.3 Å². The molecule has 3 aromatic rings. The van der Waals surface area contributed by atoms with E-state index in [-0.39, 0.29) is 17.1 Å². The molecule has 3 rings (SSSR count). The van der Waals surface area contributed by atoms with Crippen molar-refractivity contribution in [2.75, 3.05) is 25.3 Å². The average Bonchev–Trinajstić information content (AvgIpc) is 2.71. The average molecular weight is 400 g/mol. The lowest BCUT2D eigenvalue weighted by atomic mass is 10.2. The van der Waals surface area contributed by atoms with Crippen LogP contribution in [0, 0.1) is 0 Å². The molecular formula is C20H20N2O5S. The first-order valence-electron chi connectivity index (χ1n) is 8.53. The second kappa shape index (κ2) is 8.26. The molecular weight excluding hydrogens is 380 g/mol. The maximum atomic E-state index is 12.7. The van der Waals surface area contributed by atoms with E-state index in [0.717, 1.165) is 5.39 Å². The van der Waals surface area contributed by atoms with E-state index in [1.54, 1.807) is 48.7 Å². The molecule has 0 saturated carbocycles. The fourth-order valence-corrected chi connectivity index (χ4v) is 4.23. The van der Waals surface area contributed by atoms with Crippen molar-refractivity contribution in [1.29, 1.82) is 0 Å². The number of benzene rings is 2. The standard InChI is InChI=1S/C20H20N2O5S/c1-26-16-9-8-15(13-17(16)27-2)22-19(23)10-12-28(24,25)18-7-3-5-14-6-4-11-21-20(14)18/h3-9,11,13H,10,12H2,1-2H3,(H,22,23). The predicted molar refractivity (Wildman–Crippen MR) is 107 cm³/mol. The second-order valence-electron chi connectivity index (χ2n) is 6.02. The van der Waals surface area contributed by atoms with Crippen molar-refractivity contribution >= 4 is 32.3 Å². The van der Waals surface area contributed by atoms with Crippen LogP contribution in [-0.2, 0) is 14.6 Å². The van der Waals surface area contributed by atoms with Crippen molar-refractivity contribution < 1.29 is 22.7 Å². The summed E-state index contributed by atoms with van der Waals surface area (Å²) >= 11 is 0. The maximum absolute atomic E-state index is 12.7. The Bertz CT molecular complexity index is 1110. The number of rotatable bonds is 7. The number of sulfone groups is 1. The van der Waals surface area contributed by atoms with Gasteiger partial charge in [0.05, 0.1) is 30.4 Å². The third-order valence-electron chi connectivity index (χ3n) is 4.20. The van der Waals surface area contributed by atoms with Crippen molar-refractivity contribution in [3.05, 3.63) is 54.7 Å². The Hall–Kier alpha value is -3.13. The SMILES string of the molecule is COc1ccc(NC(=O)CCS(=O)(=O)c2cccc3cccnc23)cc1OC. The van der Waals surface area contributed by atoms with Crippen LogP contribution in [0.15, 0.2) is 59.6 Å². The smallest absolute Gasteiger partial charge is 0.225 e. The predicted octanol–water partition coefficient (Wildman–Crippen LogP) is 3.05. The van der Waals surface area contributed by atoms with Gasteiger partial charge < -0.3 is 14.8 Å². The lowest BCUT2D eigenvalue weighted by Gasteiger charge is -2.11. The Morgan fingerprint density at radius 2 is 1.79 bits per heavy atom. The molecule has 0 aliphatic heterocycles. The summed E-state index contributed by atoms with van der Waals surface area (Å²) in [7, 11) is -0.654. The Labute approximate surface area is 163 Å². The van der Waals surface area contributed by atoms with E-state index in [1.165, 1.54) is 20.3 Å². The quantitative estimate of drug-likeness (QED) is 0.655. The molecule has 7 nitrogen and oxygen atoms in total. The Balaban J connectivity index is 1.71. The second-order valence-corrected chi connectivity index (χ2v) is 8.10. The number of anilines is 1. The van der Waals surface area contributed by atoms with Gasteiger partial charge in [-0.05, 0) is 24.3 Å². The van der Waals surface area contributed by atoms with Crippen molar-refractivity contribution in [1.82, 2.24) is 4.98 Å². The van der Waals surface area contributed by atoms with Gasteiger partial charge >= 0.3 is 0 Å².